The van der Waals surface area contributed by atoms with Gasteiger partial charge in [0, 0.05) is 26.1 Å². The Labute approximate surface area is 126 Å². The Bertz CT molecular complexity index is 504. The van der Waals surface area contributed by atoms with Crippen LogP contribution in [0.1, 0.15) is 37.8 Å². The van der Waals surface area contributed by atoms with Crippen molar-refractivity contribution in [1.29, 1.82) is 0 Å². The van der Waals surface area contributed by atoms with E-state index in [-0.39, 0.29) is 11.8 Å². The molecule has 1 aromatic rings. The maximum atomic E-state index is 11.9. The van der Waals surface area contributed by atoms with Crippen LogP contribution in [-0.4, -0.2) is 24.9 Å². The Morgan fingerprint density at radius 3 is 2.29 bits per heavy atom. The summed E-state index contributed by atoms with van der Waals surface area (Å²) in [6.45, 7) is 6.70. The van der Waals surface area contributed by atoms with Crippen molar-refractivity contribution < 1.29 is 9.59 Å². The van der Waals surface area contributed by atoms with E-state index >= 15 is 0 Å². The number of hydrogen-bond acceptors (Lipinski definition) is 2. The molecular formula is C17H24N2O2. The van der Waals surface area contributed by atoms with E-state index in [9.17, 15) is 9.59 Å². The summed E-state index contributed by atoms with van der Waals surface area (Å²) in [7, 11) is 0. The maximum absolute atomic E-state index is 11.9. The van der Waals surface area contributed by atoms with Gasteiger partial charge in [-0.05, 0) is 30.9 Å². The van der Waals surface area contributed by atoms with Gasteiger partial charge < -0.3 is 10.6 Å². The average Bonchev–Trinajstić information content (AvgIpc) is 2.45. The SMILES string of the molecule is CC/C(=C\C(=O)NCCCNC(C)=O)c1ccc(C)cc1. The molecule has 0 atom stereocenters. The van der Waals surface area contributed by atoms with Crippen LogP contribution in [0.25, 0.3) is 5.57 Å². The molecule has 0 spiro atoms. The Hall–Kier alpha value is -2.10. The molecule has 114 valence electrons. The number of benzene rings is 1. The minimum Gasteiger partial charge on any atom is -0.356 e. The van der Waals surface area contributed by atoms with Gasteiger partial charge in [-0.1, -0.05) is 36.8 Å². The highest BCUT2D eigenvalue weighted by atomic mass is 16.2. The van der Waals surface area contributed by atoms with Crippen molar-refractivity contribution in [2.45, 2.75) is 33.6 Å². The third-order valence-corrected chi connectivity index (χ3v) is 3.14. The van der Waals surface area contributed by atoms with Crippen LogP contribution in [0.15, 0.2) is 30.3 Å². The molecule has 0 radical (unpaired) electrons. The Balaban J connectivity index is 2.48. The molecule has 0 aliphatic heterocycles. The predicted octanol–water partition coefficient (Wildman–Crippen LogP) is 2.43. The number of hydrogen-bond donors (Lipinski definition) is 2. The summed E-state index contributed by atoms with van der Waals surface area (Å²) < 4.78 is 0. The van der Waals surface area contributed by atoms with Crippen molar-refractivity contribution >= 4 is 17.4 Å². The zero-order valence-electron chi connectivity index (χ0n) is 13.0. The largest absolute Gasteiger partial charge is 0.356 e. The van der Waals surface area contributed by atoms with E-state index in [0.717, 1.165) is 24.0 Å². The summed E-state index contributed by atoms with van der Waals surface area (Å²) in [6.07, 6.45) is 3.19. The first-order chi connectivity index (χ1) is 10.0. The molecule has 4 heteroatoms. The normalized spacial score (nSPS) is 11.1. The second kappa shape index (κ2) is 8.95. The van der Waals surface area contributed by atoms with E-state index in [2.05, 4.69) is 10.6 Å². The van der Waals surface area contributed by atoms with Crippen molar-refractivity contribution in [2.75, 3.05) is 13.1 Å². The third kappa shape index (κ3) is 6.75. The van der Waals surface area contributed by atoms with Crippen molar-refractivity contribution in [3.05, 3.63) is 41.5 Å². The van der Waals surface area contributed by atoms with Gasteiger partial charge in [-0.3, -0.25) is 9.59 Å². The van der Waals surface area contributed by atoms with E-state index in [4.69, 9.17) is 0 Å². The average molecular weight is 288 g/mol. The van der Waals surface area contributed by atoms with Crippen LogP contribution in [0.4, 0.5) is 0 Å². The first kappa shape index (κ1) is 17.0. The fourth-order valence-electron chi connectivity index (χ4n) is 1.93. The molecule has 4 nitrogen and oxygen atoms in total. The first-order valence-electron chi connectivity index (χ1n) is 7.32. The lowest BCUT2D eigenvalue weighted by Gasteiger charge is -2.07. The molecule has 0 aliphatic rings. The van der Waals surface area contributed by atoms with Gasteiger partial charge in [0.25, 0.3) is 0 Å². The van der Waals surface area contributed by atoms with Crippen molar-refractivity contribution in [3.8, 4) is 0 Å². The lowest BCUT2D eigenvalue weighted by molar-refractivity contribution is -0.119. The van der Waals surface area contributed by atoms with Crippen molar-refractivity contribution in [1.82, 2.24) is 10.6 Å². The third-order valence-electron chi connectivity index (χ3n) is 3.14. The quantitative estimate of drug-likeness (QED) is 0.598. The zero-order chi connectivity index (χ0) is 15.7. The van der Waals surface area contributed by atoms with Crippen molar-refractivity contribution in [3.63, 3.8) is 0 Å². The Morgan fingerprint density at radius 2 is 1.71 bits per heavy atom. The maximum Gasteiger partial charge on any atom is 0.244 e. The first-order valence-corrected chi connectivity index (χ1v) is 7.32. The van der Waals surface area contributed by atoms with E-state index in [1.165, 1.54) is 12.5 Å². The van der Waals surface area contributed by atoms with E-state index < -0.39 is 0 Å². The fraction of sp³-hybridized carbons (Fsp3) is 0.412. The molecule has 0 saturated heterocycles. The van der Waals surface area contributed by atoms with Gasteiger partial charge in [0.1, 0.15) is 0 Å². The van der Waals surface area contributed by atoms with Crippen LogP contribution in [0.2, 0.25) is 0 Å². The van der Waals surface area contributed by atoms with E-state index in [1.807, 2.05) is 38.1 Å². The summed E-state index contributed by atoms with van der Waals surface area (Å²) in [4.78, 5) is 22.6. The van der Waals surface area contributed by atoms with Gasteiger partial charge in [0.15, 0.2) is 0 Å². The van der Waals surface area contributed by atoms with Gasteiger partial charge >= 0.3 is 0 Å². The second-order valence-electron chi connectivity index (χ2n) is 5.02. The molecule has 0 unspecified atom stereocenters. The molecule has 0 aliphatic carbocycles. The standard InChI is InChI=1S/C17H24N2O2/c1-4-15(16-8-6-13(2)7-9-16)12-17(21)19-11-5-10-18-14(3)20/h6-9,12H,4-5,10-11H2,1-3H3,(H,18,20)(H,19,21)/b15-12+. The highest BCUT2D eigenvalue weighted by molar-refractivity contribution is 5.95. The van der Waals surface area contributed by atoms with Crippen LogP contribution in [0, 0.1) is 6.92 Å². The lowest BCUT2D eigenvalue weighted by atomic mass is 10.0. The summed E-state index contributed by atoms with van der Waals surface area (Å²) >= 11 is 0. The smallest absolute Gasteiger partial charge is 0.244 e. The van der Waals surface area contributed by atoms with Gasteiger partial charge in [-0.2, -0.15) is 0 Å². The van der Waals surface area contributed by atoms with Crippen LogP contribution < -0.4 is 10.6 Å². The van der Waals surface area contributed by atoms with E-state index in [0.29, 0.717) is 13.1 Å². The predicted molar refractivity (Wildman–Crippen MR) is 85.8 cm³/mol. The minimum atomic E-state index is -0.0877. The topological polar surface area (TPSA) is 58.2 Å². The van der Waals surface area contributed by atoms with E-state index in [1.54, 1.807) is 6.08 Å². The van der Waals surface area contributed by atoms with Crippen LogP contribution >= 0.6 is 0 Å². The molecule has 2 N–H and O–H groups in total. The number of carbonyl (C=O) groups excluding carboxylic acids is 2. The summed E-state index contributed by atoms with van der Waals surface area (Å²) in [5, 5.41) is 5.53. The number of allylic oxidation sites excluding steroid dienone is 1. The van der Waals surface area contributed by atoms with Gasteiger partial charge in [0.05, 0.1) is 0 Å². The summed E-state index contributed by atoms with van der Waals surface area (Å²) in [6, 6.07) is 8.16. The summed E-state index contributed by atoms with van der Waals surface area (Å²) in [5.74, 6) is -0.135. The molecule has 21 heavy (non-hydrogen) atoms. The molecular weight excluding hydrogens is 264 g/mol. The number of nitrogens with one attached hydrogen (secondary N) is 2. The molecule has 0 bridgehead atoms. The number of amides is 2. The summed E-state index contributed by atoms with van der Waals surface area (Å²) in [5.41, 5.74) is 3.31. The van der Waals surface area contributed by atoms with Gasteiger partial charge in [-0.15, -0.1) is 0 Å². The Morgan fingerprint density at radius 1 is 1.10 bits per heavy atom. The molecule has 1 aromatic carbocycles. The molecule has 0 saturated carbocycles. The zero-order valence-corrected chi connectivity index (χ0v) is 13.0. The highest BCUT2D eigenvalue weighted by Gasteiger charge is 2.03. The van der Waals surface area contributed by atoms with Crippen LogP contribution in [0.5, 0.6) is 0 Å². The van der Waals surface area contributed by atoms with Crippen LogP contribution in [0.3, 0.4) is 0 Å². The molecule has 0 fully saturated rings. The number of rotatable bonds is 7. The monoisotopic (exact) mass is 288 g/mol. The lowest BCUT2D eigenvalue weighted by Crippen LogP contribution is -2.27. The van der Waals surface area contributed by atoms with Gasteiger partial charge in [0.2, 0.25) is 11.8 Å². The van der Waals surface area contributed by atoms with Gasteiger partial charge in [-0.25, -0.2) is 0 Å². The highest BCUT2D eigenvalue weighted by Crippen LogP contribution is 2.18. The van der Waals surface area contributed by atoms with Crippen molar-refractivity contribution in [2.24, 2.45) is 0 Å². The fourth-order valence-corrected chi connectivity index (χ4v) is 1.93. The number of aryl methyl sites for hydroxylation is 1. The Kier molecular flexibility index (Phi) is 7.23. The minimum absolute atomic E-state index is 0.0473. The molecule has 0 aromatic heterocycles. The second-order valence-corrected chi connectivity index (χ2v) is 5.02. The number of carbonyl (C=O) groups is 2. The molecule has 2 amide bonds. The molecule has 0 heterocycles. The molecule has 1 rings (SSSR count). The van der Waals surface area contributed by atoms with Crippen LogP contribution in [-0.2, 0) is 9.59 Å².